The van der Waals surface area contributed by atoms with Crippen LogP contribution in [0.2, 0.25) is 0 Å². The molecule has 1 aliphatic carbocycles. The van der Waals surface area contributed by atoms with E-state index in [1.165, 1.54) is 12.1 Å². The van der Waals surface area contributed by atoms with Crippen molar-refractivity contribution in [2.45, 2.75) is 38.8 Å². The van der Waals surface area contributed by atoms with Gasteiger partial charge in [-0.2, -0.15) is 0 Å². The first-order valence-electron chi connectivity index (χ1n) is 14.2. The Labute approximate surface area is 232 Å². The molecule has 8 nitrogen and oxygen atoms in total. The van der Waals surface area contributed by atoms with Crippen molar-refractivity contribution in [3.63, 3.8) is 0 Å². The minimum Gasteiger partial charge on any atom is -0.345 e. The topological polar surface area (TPSA) is 74.9 Å². The summed E-state index contributed by atoms with van der Waals surface area (Å²) in [5, 5.41) is 4.10. The predicted octanol–water partition coefficient (Wildman–Crippen LogP) is 4.57. The van der Waals surface area contributed by atoms with Crippen molar-refractivity contribution in [2.24, 2.45) is 5.92 Å². The quantitative estimate of drug-likeness (QED) is 0.412. The van der Waals surface area contributed by atoms with Crippen LogP contribution in [0.5, 0.6) is 0 Å². The molecule has 0 radical (unpaired) electrons. The Morgan fingerprint density at radius 3 is 2.88 bits per heavy atom. The summed E-state index contributed by atoms with van der Waals surface area (Å²) in [6.07, 6.45) is 8.95. The number of benzene rings is 1. The number of carbonyl (C=O) groups excluding carboxylic acids is 2. The Morgan fingerprint density at radius 1 is 1.18 bits per heavy atom. The van der Waals surface area contributed by atoms with E-state index in [1.807, 2.05) is 58.0 Å². The van der Waals surface area contributed by atoms with Gasteiger partial charge in [-0.1, -0.05) is 6.07 Å². The Bertz CT molecular complexity index is 1680. The maximum atomic E-state index is 15.1. The summed E-state index contributed by atoms with van der Waals surface area (Å²) in [5.74, 6) is 0.208. The van der Waals surface area contributed by atoms with Crippen LogP contribution in [0.1, 0.15) is 42.5 Å². The number of hydrogen-bond donors (Lipinski definition) is 1. The van der Waals surface area contributed by atoms with E-state index in [4.69, 9.17) is 0 Å². The molecule has 1 aromatic carbocycles. The van der Waals surface area contributed by atoms with Crippen LogP contribution in [-0.4, -0.2) is 68.8 Å². The number of urea groups is 1. The fourth-order valence-corrected chi connectivity index (χ4v) is 6.82. The Morgan fingerprint density at radius 2 is 2.02 bits per heavy atom. The molecule has 4 aromatic rings. The molecule has 3 aliphatic rings. The van der Waals surface area contributed by atoms with Gasteiger partial charge >= 0.3 is 6.03 Å². The number of aromatic nitrogens is 3. The number of hydrogen-bond acceptors (Lipinski definition) is 4. The molecule has 5 heterocycles. The summed E-state index contributed by atoms with van der Waals surface area (Å²) in [4.78, 5) is 35.0. The molecule has 3 aromatic heterocycles. The number of halogens is 1. The number of Topliss-reactive ketones (excluding diaryl/α,β-unsaturated/α-hetero) is 1. The lowest BCUT2D eigenvalue weighted by Crippen LogP contribution is -2.44. The van der Waals surface area contributed by atoms with Crippen molar-refractivity contribution >= 4 is 39.5 Å². The summed E-state index contributed by atoms with van der Waals surface area (Å²) >= 11 is 0. The third-order valence-electron chi connectivity index (χ3n) is 8.75. The van der Waals surface area contributed by atoms with E-state index < -0.39 is 0 Å². The molecule has 7 rings (SSSR count). The first kappa shape index (κ1) is 25.0. The standard InChI is InChI=1S/C31H33FN6O2/c1-35(17-20-7-9-33-10-8-20)31(40)37-13-12-36-19-25(24-15-22(32)14-21(18-37)30(24)36)29-23(5-6-27(29)39)26-16-34-28-4-2-3-11-38(26)28/h2-4,11,14-16,19-20,33H,5-10,12-13,17-18H2,1H3. The molecular weight excluding hydrogens is 507 g/mol. The highest BCUT2D eigenvalue weighted by molar-refractivity contribution is 6.33. The average Bonchev–Trinajstić information content (AvgIpc) is 3.62. The number of fused-ring (bicyclic) bond motifs is 1. The highest BCUT2D eigenvalue weighted by Gasteiger charge is 2.32. The first-order valence-corrected chi connectivity index (χ1v) is 14.2. The van der Waals surface area contributed by atoms with Gasteiger partial charge in [-0.25, -0.2) is 14.2 Å². The minimum atomic E-state index is -0.360. The van der Waals surface area contributed by atoms with Gasteiger partial charge in [0, 0.05) is 68.6 Å². The summed E-state index contributed by atoms with van der Waals surface area (Å²) < 4.78 is 19.3. The zero-order valence-electron chi connectivity index (χ0n) is 22.7. The van der Waals surface area contributed by atoms with Gasteiger partial charge in [-0.05, 0) is 73.7 Å². The molecule has 0 atom stereocenters. The normalized spacial score (nSPS) is 18.2. The number of nitrogens with one attached hydrogen (secondary N) is 1. The smallest absolute Gasteiger partial charge is 0.320 e. The van der Waals surface area contributed by atoms with E-state index >= 15 is 4.39 Å². The monoisotopic (exact) mass is 540 g/mol. The number of ketones is 1. The molecule has 2 amide bonds. The zero-order chi connectivity index (χ0) is 27.4. The van der Waals surface area contributed by atoms with Crippen LogP contribution >= 0.6 is 0 Å². The number of amides is 2. The molecule has 9 heteroatoms. The summed E-state index contributed by atoms with van der Waals surface area (Å²) in [6.45, 7) is 4.14. The van der Waals surface area contributed by atoms with Crippen LogP contribution in [0.4, 0.5) is 9.18 Å². The van der Waals surface area contributed by atoms with Crippen molar-refractivity contribution < 1.29 is 14.0 Å². The second-order valence-corrected chi connectivity index (χ2v) is 11.3. The molecule has 0 unspecified atom stereocenters. The van der Waals surface area contributed by atoms with Crippen molar-refractivity contribution in [2.75, 3.05) is 33.2 Å². The van der Waals surface area contributed by atoms with Crippen LogP contribution < -0.4 is 5.32 Å². The molecule has 2 aliphatic heterocycles. The second kappa shape index (κ2) is 9.89. The van der Waals surface area contributed by atoms with Crippen LogP contribution in [-0.2, 0) is 17.9 Å². The van der Waals surface area contributed by atoms with E-state index in [9.17, 15) is 9.59 Å². The van der Waals surface area contributed by atoms with E-state index in [2.05, 4.69) is 14.9 Å². The number of imidazole rings is 1. The maximum Gasteiger partial charge on any atom is 0.320 e. The van der Waals surface area contributed by atoms with Gasteiger partial charge in [-0.15, -0.1) is 0 Å². The Hall–Kier alpha value is -3.98. The van der Waals surface area contributed by atoms with Crippen LogP contribution in [0.15, 0.2) is 48.9 Å². The van der Waals surface area contributed by atoms with E-state index in [0.29, 0.717) is 44.0 Å². The molecular formula is C31H33FN6O2. The van der Waals surface area contributed by atoms with Crippen molar-refractivity contribution in [1.29, 1.82) is 0 Å². The fourth-order valence-electron chi connectivity index (χ4n) is 6.82. The largest absolute Gasteiger partial charge is 0.345 e. The van der Waals surface area contributed by atoms with Gasteiger partial charge < -0.3 is 19.7 Å². The van der Waals surface area contributed by atoms with Crippen molar-refractivity contribution in [3.8, 4) is 0 Å². The van der Waals surface area contributed by atoms with Crippen LogP contribution in [0.3, 0.4) is 0 Å². The average molecular weight is 541 g/mol. The molecule has 40 heavy (non-hydrogen) atoms. The summed E-state index contributed by atoms with van der Waals surface area (Å²) in [7, 11) is 1.87. The number of carbonyl (C=O) groups is 2. The lowest BCUT2D eigenvalue weighted by molar-refractivity contribution is -0.113. The van der Waals surface area contributed by atoms with Crippen molar-refractivity contribution in [1.82, 2.24) is 29.1 Å². The van der Waals surface area contributed by atoms with E-state index in [1.54, 1.807) is 0 Å². The highest BCUT2D eigenvalue weighted by Crippen LogP contribution is 2.42. The lowest BCUT2D eigenvalue weighted by Gasteiger charge is -2.31. The van der Waals surface area contributed by atoms with Crippen LogP contribution in [0.25, 0.3) is 27.7 Å². The SMILES string of the molecule is CN(CC1CCNCC1)C(=O)N1CCn2cc(C3=C(c4cnc5ccccn45)CCC3=O)c3cc(F)cc(c32)C1. The molecule has 1 N–H and O–H groups in total. The first-order chi connectivity index (χ1) is 19.5. The van der Waals surface area contributed by atoms with Crippen molar-refractivity contribution in [3.05, 3.63) is 71.6 Å². The van der Waals surface area contributed by atoms with E-state index in [0.717, 1.165) is 71.4 Å². The predicted molar refractivity (Wildman–Crippen MR) is 152 cm³/mol. The zero-order valence-corrected chi connectivity index (χ0v) is 22.7. The summed E-state index contributed by atoms with van der Waals surface area (Å²) in [5.41, 5.74) is 5.76. The number of rotatable bonds is 4. The second-order valence-electron chi connectivity index (χ2n) is 11.3. The van der Waals surface area contributed by atoms with Gasteiger partial charge in [0.25, 0.3) is 0 Å². The molecule has 0 spiro atoms. The number of piperidine rings is 1. The summed E-state index contributed by atoms with van der Waals surface area (Å²) in [6, 6.07) is 8.89. The molecule has 0 bridgehead atoms. The third-order valence-corrected chi connectivity index (χ3v) is 8.75. The van der Waals surface area contributed by atoms with E-state index in [-0.39, 0.29) is 17.6 Å². The van der Waals surface area contributed by atoms with Gasteiger partial charge in [0.05, 0.1) is 17.4 Å². The minimum absolute atomic E-state index is 0.0227. The van der Waals surface area contributed by atoms with Gasteiger partial charge in [0.15, 0.2) is 5.78 Å². The van der Waals surface area contributed by atoms with Gasteiger partial charge in [0.1, 0.15) is 11.5 Å². The molecule has 206 valence electrons. The molecule has 1 fully saturated rings. The Balaban J connectivity index is 1.26. The number of nitrogens with zero attached hydrogens (tertiary/aromatic N) is 5. The van der Waals surface area contributed by atoms with Gasteiger partial charge in [0.2, 0.25) is 0 Å². The lowest BCUT2D eigenvalue weighted by atomic mass is 9.97. The maximum absolute atomic E-state index is 15.1. The highest BCUT2D eigenvalue weighted by atomic mass is 19.1. The van der Waals surface area contributed by atoms with Gasteiger partial charge in [-0.3, -0.25) is 9.20 Å². The Kier molecular flexibility index (Phi) is 6.19. The fraction of sp³-hybridized carbons (Fsp3) is 0.387. The molecule has 1 saturated heterocycles. The number of pyridine rings is 1. The third kappa shape index (κ3) is 4.20. The molecule has 0 saturated carbocycles. The number of allylic oxidation sites excluding steroid dienone is 2. The van der Waals surface area contributed by atoms with Crippen LogP contribution in [0, 0.1) is 11.7 Å².